The standard InChI is InChI=1S/C16H16FNO/c1-3-18(15-7-5-14(17)6-8-15)16-9-4-12(2)10-13(16)11-19/h4-11H,3H2,1-2H3. The second kappa shape index (κ2) is 5.65. The smallest absolute Gasteiger partial charge is 0.152 e. The van der Waals surface area contributed by atoms with E-state index >= 15 is 0 Å². The number of nitrogens with zero attached hydrogens (tertiary/aromatic N) is 1. The third-order valence-corrected chi connectivity index (χ3v) is 3.06. The first-order valence-corrected chi connectivity index (χ1v) is 6.24. The highest BCUT2D eigenvalue weighted by Crippen LogP contribution is 2.28. The summed E-state index contributed by atoms with van der Waals surface area (Å²) in [7, 11) is 0. The Kier molecular flexibility index (Phi) is 3.95. The molecule has 0 saturated carbocycles. The number of hydrogen-bond donors (Lipinski definition) is 0. The van der Waals surface area contributed by atoms with E-state index in [1.165, 1.54) is 12.1 Å². The minimum atomic E-state index is -0.265. The summed E-state index contributed by atoms with van der Waals surface area (Å²) in [5, 5.41) is 0. The van der Waals surface area contributed by atoms with Gasteiger partial charge in [0.05, 0.1) is 5.69 Å². The zero-order valence-corrected chi connectivity index (χ0v) is 11.1. The van der Waals surface area contributed by atoms with Crippen LogP contribution in [0.1, 0.15) is 22.8 Å². The lowest BCUT2D eigenvalue weighted by molar-refractivity contribution is 0.112. The van der Waals surface area contributed by atoms with E-state index in [4.69, 9.17) is 0 Å². The zero-order chi connectivity index (χ0) is 13.8. The predicted octanol–water partition coefficient (Wildman–Crippen LogP) is 4.10. The van der Waals surface area contributed by atoms with Crippen molar-refractivity contribution in [2.24, 2.45) is 0 Å². The first-order chi connectivity index (χ1) is 9.15. The van der Waals surface area contributed by atoms with Crippen LogP contribution in [0, 0.1) is 12.7 Å². The minimum Gasteiger partial charge on any atom is -0.341 e. The lowest BCUT2D eigenvalue weighted by Crippen LogP contribution is -2.17. The Morgan fingerprint density at radius 3 is 2.42 bits per heavy atom. The van der Waals surface area contributed by atoms with Gasteiger partial charge in [-0.05, 0) is 50.2 Å². The molecule has 0 amide bonds. The summed E-state index contributed by atoms with van der Waals surface area (Å²) in [6.45, 7) is 4.65. The van der Waals surface area contributed by atoms with Crippen molar-refractivity contribution in [2.75, 3.05) is 11.4 Å². The van der Waals surface area contributed by atoms with Gasteiger partial charge in [-0.25, -0.2) is 4.39 Å². The molecule has 0 heterocycles. The third-order valence-electron chi connectivity index (χ3n) is 3.06. The van der Waals surface area contributed by atoms with Gasteiger partial charge in [0, 0.05) is 17.8 Å². The van der Waals surface area contributed by atoms with Crippen molar-refractivity contribution >= 4 is 17.7 Å². The molecule has 0 atom stereocenters. The van der Waals surface area contributed by atoms with Crippen LogP contribution in [0.15, 0.2) is 42.5 Å². The highest BCUT2D eigenvalue weighted by atomic mass is 19.1. The largest absolute Gasteiger partial charge is 0.341 e. The molecule has 2 aromatic rings. The van der Waals surface area contributed by atoms with Crippen molar-refractivity contribution in [1.82, 2.24) is 0 Å². The maximum Gasteiger partial charge on any atom is 0.152 e. The van der Waals surface area contributed by atoms with Crippen LogP contribution in [-0.4, -0.2) is 12.8 Å². The summed E-state index contributed by atoms with van der Waals surface area (Å²) >= 11 is 0. The van der Waals surface area contributed by atoms with Gasteiger partial charge in [0.25, 0.3) is 0 Å². The third kappa shape index (κ3) is 2.81. The van der Waals surface area contributed by atoms with E-state index < -0.39 is 0 Å². The van der Waals surface area contributed by atoms with Crippen molar-refractivity contribution < 1.29 is 9.18 Å². The molecule has 0 aromatic heterocycles. The Labute approximate surface area is 112 Å². The van der Waals surface area contributed by atoms with Gasteiger partial charge in [-0.3, -0.25) is 4.79 Å². The number of aryl methyl sites for hydroxylation is 1. The van der Waals surface area contributed by atoms with Crippen LogP contribution >= 0.6 is 0 Å². The van der Waals surface area contributed by atoms with Crippen LogP contribution < -0.4 is 4.90 Å². The first kappa shape index (κ1) is 13.3. The topological polar surface area (TPSA) is 20.3 Å². The summed E-state index contributed by atoms with van der Waals surface area (Å²) in [6, 6.07) is 12.0. The van der Waals surface area contributed by atoms with Gasteiger partial charge in [-0.15, -0.1) is 0 Å². The lowest BCUT2D eigenvalue weighted by Gasteiger charge is -2.25. The second-order valence-corrected chi connectivity index (χ2v) is 4.40. The number of hydrogen-bond acceptors (Lipinski definition) is 2. The number of carbonyl (C=O) groups excluding carboxylic acids is 1. The molecule has 2 nitrogen and oxygen atoms in total. The van der Waals surface area contributed by atoms with Crippen LogP contribution in [0.5, 0.6) is 0 Å². The summed E-state index contributed by atoms with van der Waals surface area (Å²) < 4.78 is 13.0. The highest BCUT2D eigenvalue weighted by Gasteiger charge is 2.11. The lowest BCUT2D eigenvalue weighted by atomic mass is 10.1. The molecule has 0 aliphatic heterocycles. The van der Waals surface area contributed by atoms with Crippen molar-refractivity contribution in [1.29, 1.82) is 0 Å². The van der Waals surface area contributed by atoms with Crippen molar-refractivity contribution in [3.05, 3.63) is 59.4 Å². The van der Waals surface area contributed by atoms with E-state index in [-0.39, 0.29) is 5.82 Å². The van der Waals surface area contributed by atoms with Crippen LogP contribution in [0.2, 0.25) is 0 Å². The molecule has 0 saturated heterocycles. The van der Waals surface area contributed by atoms with E-state index in [1.54, 1.807) is 12.1 Å². The number of benzene rings is 2. The van der Waals surface area contributed by atoms with Gasteiger partial charge >= 0.3 is 0 Å². The molecule has 0 bridgehead atoms. The Balaban J connectivity index is 2.47. The Bertz CT molecular complexity index is 578. The number of rotatable bonds is 4. The molecule has 3 heteroatoms. The van der Waals surface area contributed by atoms with Crippen LogP contribution in [0.25, 0.3) is 0 Å². The van der Waals surface area contributed by atoms with Crippen LogP contribution in [0.3, 0.4) is 0 Å². The minimum absolute atomic E-state index is 0.265. The Morgan fingerprint density at radius 1 is 1.16 bits per heavy atom. The predicted molar refractivity (Wildman–Crippen MR) is 75.6 cm³/mol. The highest BCUT2D eigenvalue weighted by molar-refractivity contribution is 5.87. The molecule has 0 aliphatic carbocycles. The molecule has 2 rings (SSSR count). The monoisotopic (exact) mass is 257 g/mol. The van der Waals surface area contributed by atoms with Gasteiger partial charge in [0.2, 0.25) is 0 Å². The molecule has 0 fully saturated rings. The van der Waals surface area contributed by atoms with Crippen molar-refractivity contribution in [2.45, 2.75) is 13.8 Å². The van der Waals surface area contributed by atoms with E-state index in [1.807, 2.05) is 36.9 Å². The number of aldehydes is 1. The number of carbonyl (C=O) groups is 1. The van der Waals surface area contributed by atoms with E-state index in [9.17, 15) is 9.18 Å². The summed E-state index contributed by atoms with van der Waals surface area (Å²) in [5.41, 5.74) is 3.40. The van der Waals surface area contributed by atoms with E-state index in [2.05, 4.69) is 0 Å². The molecule has 0 radical (unpaired) electrons. The first-order valence-electron chi connectivity index (χ1n) is 6.24. The molecule has 0 aliphatic rings. The molecule has 0 unspecified atom stereocenters. The molecule has 19 heavy (non-hydrogen) atoms. The van der Waals surface area contributed by atoms with E-state index in [0.717, 1.165) is 23.2 Å². The zero-order valence-electron chi connectivity index (χ0n) is 11.1. The van der Waals surface area contributed by atoms with Gasteiger partial charge in [0.1, 0.15) is 5.82 Å². The molecule has 0 N–H and O–H groups in total. The molecular formula is C16H16FNO. The fourth-order valence-corrected chi connectivity index (χ4v) is 2.13. The average molecular weight is 257 g/mol. The van der Waals surface area contributed by atoms with Crippen molar-refractivity contribution in [3.63, 3.8) is 0 Å². The number of anilines is 2. The second-order valence-electron chi connectivity index (χ2n) is 4.40. The molecule has 0 spiro atoms. The maximum absolute atomic E-state index is 13.0. The van der Waals surface area contributed by atoms with E-state index in [0.29, 0.717) is 12.1 Å². The fraction of sp³-hybridized carbons (Fsp3) is 0.188. The SMILES string of the molecule is CCN(c1ccc(F)cc1)c1ccc(C)cc1C=O. The summed E-state index contributed by atoms with van der Waals surface area (Å²) in [6.07, 6.45) is 0.856. The molecular weight excluding hydrogens is 241 g/mol. The van der Waals surface area contributed by atoms with Crippen LogP contribution in [-0.2, 0) is 0 Å². The summed E-state index contributed by atoms with van der Waals surface area (Å²) in [4.78, 5) is 13.2. The maximum atomic E-state index is 13.0. The quantitative estimate of drug-likeness (QED) is 0.768. The van der Waals surface area contributed by atoms with Crippen molar-refractivity contribution in [3.8, 4) is 0 Å². The fourth-order valence-electron chi connectivity index (χ4n) is 2.13. The molecule has 2 aromatic carbocycles. The van der Waals surface area contributed by atoms with Gasteiger partial charge in [0.15, 0.2) is 6.29 Å². The van der Waals surface area contributed by atoms with Gasteiger partial charge < -0.3 is 4.90 Å². The van der Waals surface area contributed by atoms with Gasteiger partial charge in [-0.2, -0.15) is 0 Å². The Hall–Kier alpha value is -2.16. The normalized spacial score (nSPS) is 10.3. The number of halogens is 1. The van der Waals surface area contributed by atoms with Gasteiger partial charge in [-0.1, -0.05) is 11.6 Å². The average Bonchev–Trinajstić information content (AvgIpc) is 2.43. The molecule has 98 valence electrons. The Morgan fingerprint density at radius 2 is 1.84 bits per heavy atom. The van der Waals surface area contributed by atoms with Crippen LogP contribution in [0.4, 0.5) is 15.8 Å². The summed E-state index contributed by atoms with van der Waals surface area (Å²) in [5.74, 6) is -0.265.